The predicted octanol–water partition coefficient (Wildman–Crippen LogP) is -2.77. The van der Waals surface area contributed by atoms with Crippen molar-refractivity contribution in [2.45, 2.75) is 18.0 Å². The highest BCUT2D eigenvalue weighted by atomic mass is 16.6. The van der Waals surface area contributed by atoms with Crippen molar-refractivity contribution < 1.29 is 30.0 Å². The second-order valence-electron chi connectivity index (χ2n) is 2.27. The summed E-state index contributed by atoms with van der Waals surface area (Å²) in [6.45, 7) is -0.874. The van der Waals surface area contributed by atoms with Crippen LogP contribution in [0.15, 0.2) is 0 Å². The van der Waals surface area contributed by atoms with Gasteiger partial charge in [0, 0.05) is 7.11 Å². The number of rotatable bonds is 5. The second-order valence-corrected chi connectivity index (χ2v) is 2.27. The number of ether oxygens (including phenoxy) is 1. The molecule has 0 radical (unpaired) electrons. The summed E-state index contributed by atoms with van der Waals surface area (Å²) in [4.78, 5) is 10.2. The summed E-state index contributed by atoms with van der Waals surface area (Å²) < 4.78 is 4.35. The molecule has 0 heterocycles. The minimum absolute atomic E-state index is 0.124. The first kappa shape index (κ1) is 11.5. The SMILES string of the molecule is COC(C=O)C(O)(O)C(O)CO. The van der Waals surface area contributed by atoms with Crippen LogP contribution in [0.2, 0.25) is 0 Å². The number of aldehydes is 1. The molecule has 6 heteroatoms. The highest BCUT2D eigenvalue weighted by Crippen LogP contribution is 2.12. The maximum atomic E-state index is 10.2. The molecule has 0 rings (SSSR count). The van der Waals surface area contributed by atoms with Crippen LogP contribution in [-0.2, 0) is 9.53 Å². The number of carbonyl (C=O) groups is 1. The van der Waals surface area contributed by atoms with E-state index in [-0.39, 0.29) is 6.29 Å². The Morgan fingerprint density at radius 1 is 1.58 bits per heavy atom. The monoisotopic (exact) mass is 180 g/mol. The number of hydrogen-bond acceptors (Lipinski definition) is 6. The van der Waals surface area contributed by atoms with E-state index in [1.54, 1.807) is 0 Å². The number of methoxy groups -OCH3 is 1. The van der Waals surface area contributed by atoms with Crippen molar-refractivity contribution in [3.05, 3.63) is 0 Å². The van der Waals surface area contributed by atoms with Crippen LogP contribution in [0, 0.1) is 0 Å². The first-order valence-corrected chi connectivity index (χ1v) is 3.22. The van der Waals surface area contributed by atoms with Gasteiger partial charge in [-0.25, -0.2) is 0 Å². The third-order valence-electron chi connectivity index (χ3n) is 1.46. The van der Waals surface area contributed by atoms with Crippen LogP contribution in [-0.4, -0.2) is 58.4 Å². The number of hydrogen-bond donors (Lipinski definition) is 4. The van der Waals surface area contributed by atoms with E-state index < -0.39 is 24.6 Å². The lowest BCUT2D eigenvalue weighted by Crippen LogP contribution is -2.55. The molecule has 72 valence electrons. The average molecular weight is 180 g/mol. The molecule has 0 aliphatic rings. The summed E-state index contributed by atoms with van der Waals surface area (Å²) in [7, 11) is 1.07. The van der Waals surface area contributed by atoms with Crippen molar-refractivity contribution in [3.63, 3.8) is 0 Å². The predicted molar refractivity (Wildman–Crippen MR) is 37.1 cm³/mol. The maximum Gasteiger partial charge on any atom is 0.226 e. The van der Waals surface area contributed by atoms with Gasteiger partial charge in [-0.15, -0.1) is 0 Å². The standard InChI is InChI=1S/C6H12O6/c1-12-5(3-8)6(10,11)4(9)2-7/h3-5,7,9-11H,2H2,1H3. The van der Waals surface area contributed by atoms with Gasteiger partial charge in [0.25, 0.3) is 0 Å². The van der Waals surface area contributed by atoms with Crippen LogP contribution in [0.4, 0.5) is 0 Å². The summed E-state index contributed by atoms with van der Waals surface area (Å²) in [5.74, 6) is -2.76. The molecule has 0 saturated carbocycles. The van der Waals surface area contributed by atoms with Crippen LogP contribution in [0.25, 0.3) is 0 Å². The average Bonchev–Trinajstić information content (AvgIpc) is 2.04. The molecule has 0 saturated heterocycles. The normalized spacial score (nSPS) is 17.1. The van der Waals surface area contributed by atoms with Crippen molar-refractivity contribution in [1.82, 2.24) is 0 Å². The lowest BCUT2D eigenvalue weighted by molar-refractivity contribution is -0.274. The van der Waals surface area contributed by atoms with Crippen molar-refractivity contribution in [1.29, 1.82) is 0 Å². The molecule has 0 aromatic carbocycles. The van der Waals surface area contributed by atoms with Gasteiger partial charge < -0.3 is 30.0 Å². The van der Waals surface area contributed by atoms with E-state index in [9.17, 15) is 4.79 Å². The molecule has 0 aromatic rings. The van der Waals surface area contributed by atoms with Gasteiger partial charge in [-0.2, -0.15) is 0 Å². The Morgan fingerprint density at radius 2 is 2.08 bits per heavy atom. The fraction of sp³-hybridized carbons (Fsp3) is 0.833. The Kier molecular flexibility index (Phi) is 4.29. The van der Waals surface area contributed by atoms with Crippen LogP contribution < -0.4 is 0 Å². The highest BCUT2D eigenvalue weighted by molar-refractivity contribution is 5.58. The van der Waals surface area contributed by atoms with Crippen molar-refractivity contribution in [2.75, 3.05) is 13.7 Å². The molecule has 0 aliphatic heterocycles. The van der Waals surface area contributed by atoms with Gasteiger partial charge in [0.05, 0.1) is 6.61 Å². The van der Waals surface area contributed by atoms with Gasteiger partial charge >= 0.3 is 0 Å². The fourth-order valence-corrected chi connectivity index (χ4v) is 0.653. The van der Waals surface area contributed by atoms with Crippen LogP contribution in [0.1, 0.15) is 0 Å². The van der Waals surface area contributed by atoms with Gasteiger partial charge in [-0.05, 0) is 0 Å². The summed E-state index contributed by atoms with van der Waals surface area (Å²) in [6.07, 6.45) is -3.30. The zero-order valence-electron chi connectivity index (χ0n) is 6.54. The van der Waals surface area contributed by atoms with Gasteiger partial charge in [0.15, 0.2) is 12.4 Å². The van der Waals surface area contributed by atoms with Gasteiger partial charge in [-0.3, -0.25) is 0 Å². The van der Waals surface area contributed by atoms with E-state index in [1.165, 1.54) is 0 Å². The summed E-state index contributed by atoms with van der Waals surface area (Å²) >= 11 is 0. The quantitative estimate of drug-likeness (QED) is 0.269. The molecule has 0 aromatic heterocycles. The summed E-state index contributed by atoms with van der Waals surface area (Å²) in [6, 6.07) is 0. The minimum Gasteiger partial charge on any atom is -0.393 e. The van der Waals surface area contributed by atoms with Gasteiger partial charge in [0.2, 0.25) is 5.79 Å². The van der Waals surface area contributed by atoms with E-state index in [4.69, 9.17) is 20.4 Å². The lowest BCUT2D eigenvalue weighted by Gasteiger charge is -2.29. The molecule has 0 amide bonds. The van der Waals surface area contributed by atoms with E-state index in [1.807, 2.05) is 0 Å². The molecule has 4 N–H and O–H groups in total. The molecular weight excluding hydrogens is 168 g/mol. The Balaban J connectivity index is 4.43. The van der Waals surface area contributed by atoms with Crippen LogP contribution in [0.5, 0.6) is 0 Å². The molecule has 6 nitrogen and oxygen atoms in total. The van der Waals surface area contributed by atoms with Gasteiger partial charge in [-0.1, -0.05) is 0 Å². The topological polar surface area (TPSA) is 107 Å². The Hall–Kier alpha value is -0.530. The molecule has 2 atom stereocenters. The third-order valence-corrected chi connectivity index (χ3v) is 1.46. The highest BCUT2D eigenvalue weighted by Gasteiger charge is 2.41. The first-order valence-electron chi connectivity index (χ1n) is 3.22. The number of carbonyl (C=O) groups excluding carboxylic acids is 1. The summed E-state index contributed by atoms with van der Waals surface area (Å²) in [5.41, 5.74) is 0. The van der Waals surface area contributed by atoms with Crippen molar-refractivity contribution in [2.24, 2.45) is 0 Å². The first-order chi connectivity index (χ1) is 5.50. The Labute approximate surface area is 69.0 Å². The minimum atomic E-state index is -2.76. The molecule has 0 fully saturated rings. The van der Waals surface area contributed by atoms with E-state index in [0.717, 1.165) is 7.11 Å². The number of aliphatic hydroxyl groups is 4. The van der Waals surface area contributed by atoms with Crippen LogP contribution in [0.3, 0.4) is 0 Å². The third kappa shape index (κ3) is 2.23. The Bertz CT molecular complexity index is 145. The van der Waals surface area contributed by atoms with E-state index in [0.29, 0.717) is 0 Å². The molecule has 2 unspecified atom stereocenters. The van der Waals surface area contributed by atoms with E-state index in [2.05, 4.69) is 4.74 Å². The smallest absolute Gasteiger partial charge is 0.226 e. The molecular formula is C6H12O6. The fourth-order valence-electron chi connectivity index (χ4n) is 0.653. The van der Waals surface area contributed by atoms with Crippen molar-refractivity contribution in [3.8, 4) is 0 Å². The zero-order valence-corrected chi connectivity index (χ0v) is 6.54. The number of aliphatic hydroxyl groups excluding tert-OH is 2. The van der Waals surface area contributed by atoms with Crippen molar-refractivity contribution >= 4 is 6.29 Å². The maximum absolute atomic E-state index is 10.2. The largest absolute Gasteiger partial charge is 0.393 e. The van der Waals surface area contributed by atoms with Gasteiger partial charge in [0.1, 0.15) is 6.10 Å². The van der Waals surface area contributed by atoms with E-state index >= 15 is 0 Å². The molecule has 12 heavy (non-hydrogen) atoms. The molecule has 0 aliphatic carbocycles. The Morgan fingerprint density at radius 3 is 2.33 bits per heavy atom. The second kappa shape index (κ2) is 4.48. The molecule has 0 bridgehead atoms. The summed E-state index contributed by atoms with van der Waals surface area (Å²) in [5, 5.41) is 35.3. The molecule has 0 spiro atoms. The lowest BCUT2D eigenvalue weighted by atomic mass is 10.1. The van der Waals surface area contributed by atoms with Crippen LogP contribution >= 0.6 is 0 Å². The zero-order chi connectivity index (χ0) is 9.78.